The average Bonchev–Trinajstić information content (AvgIpc) is 2.74. The zero-order chi connectivity index (χ0) is 20.5. The Hall–Kier alpha value is -3.29. The van der Waals surface area contributed by atoms with Crippen molar-refractivity contribution in [3.63, 3.8) is 0 Å². The summed E-state index contributed by atoms with van der Waals surface area (Å²) in [6, 6.07) is 21.0. The first-order valence-electron chi connectivity index (χ1n) is 10.1. The summed E-state index contributed by atoms with van der Waals surface area (Å²) in [7, 11) is 0. The van der Waals surface area contributed by atoms with Crippen molar-refractivity contribution in [1.29, 1.82) is 0 Å². The van der Waals surface area contributed by atoms with Gasteiger partial charge in [-0.05, 0) is 73.4 Å². The normalized spacial score (nSPS) is 9.90. The van der Waals surface area contributed by atoms with E-state index in [2.05, 4.69) is 54.9 Å². The first kappa shape index (κ1) is 20.4. The summed E-state index contributed by atoms with van der Waals surface area (Å²) in [6.07, 6.45) is 4.90. The lowest BCUT2D eigenvalue weighted by Crippen LogP contribution is -1.87. The molecular formula is C28H25F. The minimum Gasteiger partial charge on any atom is -0.206 e. The molecule has 0 radical (unpaired) electrons. The fourth-order valence-electron chi connectivity index (χ4n) is 3.06. The van der Waals surface area contributed by atoms with Gasteiger partial charge in [-0.3, -0.25) is 0 Å². The van der Waals surface area contributed by atoms with Crippen LogP contribution in [0.3, 0.4) is 0 Å². The molecule has 0 saturated carbocycles. The lowest BCUT2D eigenvalue weighted by atomic mass is 10.0. The van der Waals surface area contributed by atoms with Crippen molar-refractivity contribution in [3.05, 3.63) is 106 Å². The van der Waals surface area contributed by atoms with Gasteiger partial charge in [-0.15, -0.1) is 0 Å². The molecule has 0 amide bonds. The summed E-state index contributed by atoms with van der Waals surface area (Å²) in [6.45, 7) is 4.23. The molecule has 0 aliphatic rings. The summed E-state index contributed by atoms with van der Waals surface area (Å²) < 4.78 is 13.7. The van der Waals surface area contributed by atoms with Crippen molar-refractivity contribution in [2.75, 3.05) is 0 Å². The van der Waals surface area contributed by atoms with Gasteiger partial charge < -0.3 is 0 Å². The van der Waals surface area contributed by atoms with Crippen LogP contribution in [0.2, 0.25) is 0 Å². The van der Waals surface area contributed by atoms with E-state index in [1.54, 1.807) is 18.2 Å². The van der Waals surface area contributed by atoms with Gasteiger partial charge in [0.25, 0.3) is 0 Å². The lowest BCUT2D eigenvalue weighted by Gasteiger charge is -2.01. The number of unbranched alkanes of at least 4 members (excludes halogenated alkanes) is 2. The third-order valence-corrected chi connectivity index (χ3v) is 4.81. The number of halogens is 1. The Bertz CT molecular complexity index is 1080. The average molecular weight is 381 g/mol. The van der Waals surface area contributed by atoms with Crippen LogP contribution in [0.15, 0.2) is 66.7 Å². The summed E-state index contributed by atoms with van der Waals surface area (Å²) in [4.78, 5) is 0. The van der Waals surface area contributed by atoms with Crippen LogP contribution in [0.4, 0.5) is 4.39 Å². The van der Waals surface area contributed by atoms with Gasteiger partial charge >= 0.3 is 0 Å². The summed E-state index contributed by atoms with van der Waals surface area (Å²) >= 11 is 0. The highest BCUT2D eigenvalue weighted by molar-refractivity contribution is 5.51. The maximum Gasteiger partial charge on any atom is 0.138 e. The first-order chi connectivity index (χ1) is 14.2. The number of rotatable bonds is 4. The molecule has 3 rings (SSSR count). The fourth-order valence-corrected chi connectivity index (χ4v) is 3.06. The standard InChI is InChI=1S/C28H25F/c1-3-4-5-8-23-11-13-24(14-12-23)15-16-25-17-18-26(22(2)21-25)19-20-27-9-6-7-10-28(27)29/h6-7,9-14,17-18,21H,3-5,8H2,1-2H3. The highest BCUT2D eigenvalue weighted by Gasteiger charge is 1.99. The number of aryl methyl sites for hydroxylation is 2. The molecule has 29 heavy (non-hydrogen) atoms. The van der Waals surface area contributed by atoms with Crippen LogP contribution in [-0.4, -0.2) is 0 Å². The van der Waals surface area contributed by atoms with Crippen LogP contribution < -0.4 is 0 Å². The van der Waals surface area contributed by atoms with Crippen molar-refractivity contribution in [2.24, 2.45) is 0 Å². The first-order valence-corrected chi connectivity index (χ1v) is 10.1. The molecule has 0 bridgehead atoms. The Balaban J connectivity index is 1.69. The summed E-state index contributed by atoms with van der Waals surface area (Å²) in [5.74, 6) is 12.1. The minimum atomic E-state index is -0.295. The molecule has 0 saturated heterocycles. The van der Waals surface area contributed by atoms with Crippen LogP contribution in [0.1, 0.15) is 59.6 Å². The molecule has 0 nitrogen and oxygen atoms in total. The third-order valence-electron chi connectivity index (χ3n) is 4.81. The molecule has 3 aromatic rings. The second kappa shape index (κ2) is 10.3. The van der Waals surface area contributed by atoms with Crippen LogP contribution in [0.5, 0.6) is 0 Å². The van der Waals surface area contributed by atoms with Crippen molar-refractivity contribution < 1.29 is 4.39 Å². The van der Waals surface area contributed by atoms with E-state index in [1.165, 1.54) is 30.9 Å². The molecule has 0 N–H and O–H groups in total. The van der Waals surface area contributed by atoms with Gasteiger partial charge in [-0.25, -0.2) is 4.39 Å². The highest BCUT2D eigenvalue weighted by atomic mass is 19.1. The zero-order valence-corrected chi connectivity index (χ0v) is 17.1. The molecule has 0 spiro atoms. The van der Waals surface area contributed by atoms with Gasteiger partial charge in [0.1, 0.15) is 5.82 Å². The van der Waals surface area contributed by atoms with Crippen molar-refractivity contribution in [3.8, 4) is 23.7 Å². The predicted molar refractivity (Wildman–Crippen MR) is 119 cm³/mol. The minimum absolute atomic E-state index is 0.295. The smallest absolute Gasteiger partial charge is 0.138 e. The number of hydrogen-bond donors (Lipinski definition) is 0. The van der Waals surface area contributed by atoms with Crippen molar-refractivity contribution in [1.82, 2.24) is 0 Å². The number of hydrogen-bond acceptors (Lipinski definition) is 0. The van der Waals surface area contributed by atoms with E-state index in [0.717, 1.165) is 28.7 Å². The molecule has 3 aromatic carbocycles. The van der Waals surface area contributed by atoms with E-state index in [-0.39, 0.29) is 5.82 Å². The van der Waals surface area contributed by atoms with Crippen LogP contribution in [-0.2, 0) is 6.42 Å². The maximum atomic E-state index is 13.7. The molecule has 0 atom stereocenters. The van der Waals surface area contributed by atoms with E-state index >= 15 is 0 Å². The predicted octanol–water partition coefficient (Wildman–Crippen LogP) is 6.67. The number of benzene rings is 3. The molecular weight excluding hydrogens is 355 g/mol. The summed E-state index contributed by atoms with van der Waals surface area (Å²) in [5.41, 5.74) is 5.67. The third kappa shape index (κ3) is 6.10. The molecule has 0 aliphatic heterocycles. The molecule has 1 heteroatoms. The molecule has 0 aromatic heterocycles. The topological polar surface area (TPSA) is 0 Å². The zero-order valence-electron chi connectivity index (χ0n) is 17.1. The van der Waals surface area contributed by atoms with Crippen molar-refractivity contribution >= 4 is 0 Å². The van der Waals surface area contributed by atoms with Gasteiger partial charge in [0.15, 0.2) is 0 Å². The monoisotopic (exact) mass is 380 g/mol. The molecule has 0 unspecified atom stereocenters. The van der Waals surface area contributed by atoms with Gasteiger partial charge in [-0.1, -0.05) is 67.7 Å². The lowest BCUT2D eigenvalue weighted by molar-refractivity contribution is 0.624. The maximum absolute atomic E-state index is 13.7. The Morgan fingerprint density at radius 1 is 0.724 bits per heavy atom. The van der Waals surface area contributed by atoms with Gasteiger partial charge in [0.2, 0.25) is 0 Å². The Morgan fingerprint density at radius 3 is 2.14 bits per heavy atom. The van der Waals surface area contributed by atoms with Gasteiger partial charge in [0, 0.05) is 16.7 Å². The molecule has 144 valence electrons. The van der Waals surface area contributed by atoms with Crippen LogP contribution in [0.25, 0.3) is 0 Å². The van der Waals surface area contributed by atoms with Crippen LogP contribution >= 0.6 is 0 Å². The quantitative estimate of drug-likeness (QED) is 0.350. The van der Waals surface area contributed by atoms with Gasteiger partial charge in [0.05, 0.1) is 5.56 Å². The fraction of sp³-hybridized carbons (Fsp3) is 0.214. The largest absolute Gasteiger partial charge is 0.206 e. The Labute approximate surface area is 173 Å². The SMILES string of the molecule is CCCCCc1ccc(C#Cc2ccc(C#Cc3ccccc3F)c(C)c2)cc1. The second-order valence-electron chi connectivity index (χ2n) is 7.16. The Kier molecular flexibility index (Phi) is 7.27. The second-order valence-corrected chi connectivity index (χ2v) is 7.16. The molecule has 0 aliphatic carbocycles. The highest BCUT2D eigenvalue weighted by Crippen LogP contribution is 2.12. The van der Waals surface area contributed by atoms with E-state index < -0.39 is 0 Å². The Morgan fingerprint density at radius 2 is 1.41 bits per heavy atom. The summed E-state index contributed by atoms with van der Waals surface area (Å²) in [5, 5.41) is 0. The molecule has 0 fully saturated rings. The van der Waals surface area contributed by atoms with Crippen LogP contribution in [0, 0.1) is 36.4 Å². The van der Waals surface area contributed by atoms with Gasteiger partial charge in [-0.2, -0.15) is 0 Å². The van der Waals surface area contributed by atoms with E-state index in [9.17, 15) is 4.39 Å². The van der Waals surface area contributed by atoms with E-state index in [0.29, 0.717) is 5.56 Å². The van der Waals surface area contributed by atoms with Crippen molar-refractivity contribution in [2.45, 2.75) is 39.5 Å². The van der Waals surface area contributed by atoms with E-state index in [4.69, 9.17) is 0 Å². The molecule has 0 heterocycles. The van der Waals surface area contributed by atoms with E-state index in [1.807, 2.05) is 25.1 Å².